The molecule has 0 aliphatic carbocycles. The average Bonchev–Trinajstić information content (AvgIpc) is 3.18. The third-order valence-electron chi connectivity index (χ3n) is 3.17. The number of carbonyl (C=O) groups is 2. The van der Waals surface area contributed by atoms with Crippen LogP contribution in [0.1, 0.15) is 42.8 Å². The van der Waals surface area contributed by atoms with E-state index >= 15 is 0 Å². The van der Waals surface area contributed by atoms with Crippen molar-refractivity contribution in [1.82, 2.24) is 20.9 Å². The molecule has 0 saturated carbocycles. The standard InChI is InChI=1S/C16H21ClN4O6S2/c1-8(22)6-27-21-16(24)13-14(17)29-11(19-13)7-25-4-5-26-20-15(23)12-9(2)28-10(3)18-12/h8,22H,4-7H2,1-3H3,(H,20,23)(H,21,24). The van der Waals surface area contributed by atoms with Gasteiger partial charge in [0.1, 0.15) is 21.6 Å². The van der Waals surface area contributed by atoms with E-state index in [1.807, 2.05) is 13.8 Å². The smallest absolute Gasteiger partial charge is 0.295 e. The molecule has 2 aromatic rings. The summed E-state index contributed by atoms with van der Waals surface area (Å²) in [6, 6.07) is 0. The third kappa shape index (κ3) is 7.59. The number of aryl methyl sites for hydroxylation is 2. The largest absolute Gasteiger partial charge is 0.391 e. The number of carbonyl (C=O) groups excluding carboxylic acids is 2. The van der Waals surface area contributed by atoms with E-state index in [0.29, 0.717) is 10.7 Å². The Hall–Kier alpha value is -1.67. The second-order valence-corrected chi connectivity index (χ2v) is 8.88. The molecular formula is C16H21ClN4O6S2. The summed E-state index contributed by atoms with van der Waals surface area (Å²) in [4.78, 5) is 42.8. The molecule has 0 spiro atoms. The summed E-state index contributed by atoms with van der Waals surface area (Å²) in [5.74, 6) is -1.02. The first-order valence-corrected chi connectivity index (χ1v) is 10.5. The summed E-state index contributed by atoms with van der Waals surface area (Å²) in [6.07, 6.45) is -0.716. The van der Waals surface area contributed by atoms with Gasteiger partial charge in [-0.2, -0.15) is 0 Å². The highest BCUT2D eigenvalue weighted by Gasteiger charge is 2.18. The predicted octanol–water partition coefficient (Wildman–Crippen LogP) is 1.79. The zero-order chi connectivity index (χ0) is 21.4. The maximum Gasteiger partial charge on any atom is 0.295 e. The van der Waals surface area contributed by atoms with Crippen LogP contribution < -0.4 is 11.0 Å². The Bertz CT molecular complexity index is 841. The van der Waals surface area contributed by atoms with E-state index in [1.54, 1.807) is 0 Å². The lowest BCUT2D eigenvalue weighted by Gasteiger charge is -2.06. The number of nitrogens with one attached hydrogen (secondary N) is 2. The maximum absolute atomic E-state index is 11.9. The number of aliphatic hydroxyl groups is 1. The third-order valence-corrected chi connectivity index (χ3v) is 5.29. The van der Waals surface area contributed by atoms with E-state index in [-0.39, 0.29) is 36.5 Å². The van der Waals surface area contributed by atoms with E-state index < -0.39 is 17.9 Å². The van der Waals surface area contributed by atoms with Crippen molar-refractivity contribution < 1.29 is 29.1 Å². The molecule has 160 valence electrons. The number of thiazole rings is 2. The molecule has 2 rings (SSSR count). The van der Waals surface area contributed by atoms with Crippen LogP contribution in [-0.2, 0) is 21.0 Å². The van der Waals surface area contributed by atoms with Crippen LogP contribution in [0, 0.1) is 13.8 Å². The van der Waals surface area contributed by atoms with Crippen LogP contribution in [0.2, 0.25) is 4.34 Å². The monoisotopic (exact) mass is 464 g/mol. The van der Waals surface area contributed by atoms with Gasteiger partial charge in [-0.25, -0.2) is 20.9 Å². The van der Waals surface area contributed by atoms with Gasteiger partial charge < -0.3 is 9.84 Å². The molecule has 2 heterocycles. The molecule has 0 fully saturated rings. The highest BCUT2D eigenvalue weighted by molar-refractivity contribution is 7.16. The van der Waals surface area contributed by atoms with E-state index in [1.165, 1.54) is 18.3 Å². The first-order valence-electron chi connectivity index (χ1n) is 8.47. The lowest BCUT2D eigenvalue weighted by atomic mass is 10.4. The van der Waals surface area contributed by atoms with Crippen molar-refractivity contribution >= 4 is 46.1 Å². The molecule has 29 heavy (non-hydrogen) atoms. The van der Waals surface area contributed by atoms with Crippen molar-refractivity contribution in [1.29, 1.82) is 0 Å². The highest BCUT2D eigenvalue weighted by Crippen LogP contribution is 2.24. The van der Waals surface area contributed by atoms with Crippen molar-refractivity contribution in [3.05, 3.63) is 30.6 Å². The van der Waals surface area contributed by atoms with E-state index in [9.17, 15) is 9.59 Å². The lowest BCUT2D eigenvalue weighted by molar-refractivity contribution is -0.00722. The topological polar surface area (TPSA) is 132 Å². The molecule has 0 bridgehead atoms. The normalized spacial score (nSPS) is 12.0. The van der Waals surface area contributed by atoms with E-state index in [2.05, 4.69) is 20.9 Å². The first kappa shape index (κ1) is 23.6. The number of hydrogen-bond acceptors (Lipinski definition) is 10. The van der Waals surface area contributed by atoms with Crippen molar-refractivity contribution in [2.75, 3.05) is 19.8 Å². The molecule has 0 aliphatic heterocycles. The van der Waals surface area contributed by atoms with Crippen LogP contribution in [0.15, 0.2) is 0 Å². The van der Waals surface area contributed by atoms with Gasteiger partial charge in [-0.15, -0.1) is 22.7 Å². The van der Waals surface area contributed by atoms with Crippen LogP contribution in [0.4, 0.5) is 0 Å². The minimum absolute atomic E-state index is 0.0123. The van der Waals surface area contributed by atoms with E-state index in [4.69, 9.17) is 31.1 Å². The molecule has 3 N–H and O–H groups in total. The van der Waals surface area contributed by atoms with Crippen molar-refractivity contribution in [2.24, 2.45) is 0 Å². The number of amides is 2. The summed E-state index contributed by atoms with van der Waals surface area (Å²) < 4.78 is 5.59. The summed E-state index contributed by atoms with van der Waals surface area (Å²) in [5.41, 5.74) is 4.82. The van der Waals surface area contributed by atoms with Gasteiger partial charge in [0.2, 0.25) is 0 Å². The summed E-state index contributed by atoms with van der Waals surface area (Å²) in [6.45, 7) is 5.53. The van der Waals surface area contributed by atoms with Crippen LogP contribution in [0.3, 0.4) is 0 Å². The quantitative estimate of drug-likeness (QED) is 0.338. The molecule has 0 saturated heterocycles. The van der Waals surface area contributed by atoms with Crippen LogP contribution >= 0.6 is 34.3 Å². The van der Waals surface area contributed by atoms with Crippen molar-refractivity contribution in [3.63, 3.8) is 0 Å². The van der Waals surface area contributed by atoms with Crippen LogP contribution in [-0.4, -0.2) is 52.8 Å². The minimum atomic E-state index is -0.716. The highest BCUT2D eigenvalue weighted by atomic mass is 35.5. The molecule has 2 aromatic heterocycles. The SMILES string of the molecule is Cc1nc(C(=O)NOCCOCc2nc(C(=O)NOCC(C)O)c(Cl)s2)c(C)s1. The molecule has 10 nitrogen and oxygen atoms in total. The number of aromatic nitrogens is 2. The molecule has 0 radical (unpaired) electrons. The Kier molecular flexibility index (Phi) is 9.36. The van der Waals surface area contributed by atoms with Gasteiger partial charge >= 0.3 is 0 Å². The zero-order valence-electron chi connectivity index (χ0n) is 16.0. The summed E-state index contributed by atoms with van der Waals surface area (Å²) in [5, 5.41) is 10.4. The summed E-state index contributed by atoms with van der Waals surface area (Å²) in [7, 11) is 0. The fourth-order valence-electron chi connectivity index (χ4n) is 1.99. The Labute approximate surface area is 180 Å². The number of hydrogen-bond donors (Lipinski definition) is 3. The van der Waals surface area contributed by atoms with E-state index in [0.717, 1.165) is 21.2 Å². The van der Waals surface area contributed by atoms with Gasteiger partial charge in [0.25, 0.3) is 11.8 Å². The number of rotatable bonds is 11. The number of ether oxygens (including phenoxy) is 1. The van der Waals surface area contributed by atoms with Crippen LogP contribution in [0.25, 0.3) is 0 Å². The van der Waals surface area contributed by atoms with Gasteiger partial charge in [0, 0.05) is 4.88 Å². The van der Waals surface area contributed by atoms with Crippen molar-refractivity contribution in [3.8, 4) is 0 Å². The Balaban J connectivity index is 1.67. The zero-order valence-corrected chi connectivity index (χ0v) is 18.4. The van der Waals surface area contributed by atoms with Crippen molar-refractivity contribution in [2.45, 2.75) is 33.5 Å². The van der Waals surface area contributed by atoms with Gasteiger partial charge in [-0.3, -0.25) is 19.3 Å². The van der Waals surface area contributed by atoms with Gasteiger partial charge in [-0.1, -0.05) is 11.6 Å². The maximum atomic E-state index is 11.9. The number of halogens is 1. The second kappa shape index (κ2) is 11.5. The molecule has 1 unspecified atom stereocenters. The minimum Gasteiger partial charge on any atom is -0.391 e. The predicted molar refractivity (Wildman–Crippen MR) is 107 cm³/mol. The number of hydroxylamine groups is 2. The molecular weight excluding hydrogens is 444 g/mol. The van der Waals surface area contributed by atoms with Gasteiger partial charge in [0.05, 0.1) is 30.9 Å². The Morgan fingerprint density at radius 3 is 2.45 bits per heavy atom. The molecule has 2 amide bonds. The number of aliphatic hydroxyl groups excluding tert-OH is 1. The summed E-state index contributed by atoms with van der Waals surface area (Å²) >= 11 is 8.54. The fraction of sp³-hybridized carbons (Fsp3) is 0.500. The average molecular weight is 465 g/mol. The lowest BCUT2D eigenvalue weighted by Crippen LogP contribution is -2.27. The second-order valence-electron chi connectivity index (χ2n) is 5.79. The molecule has 13 heteroatoms. The molecule has 0 aromatic carbocycles. The molecule has 0 aliphatic rings. The van der Waals surface area contributed by atoms with Crippen LogP contribution in [0.5, 0.6) is 0 Å². The number of nitrogens with zero attached hydrogens (tertiary/aromatic N) is 2. The Morgan fingerprint density at radius 2 is 1.79 bits per heavy atom. The molecule has 1 atom stereocenters. The van der Waals surface area contributed by atoms with Gasteiger partial charge in [-0.05, 0) is 20.8 Å². The first-order chi connectivity index (χ1) is 13.8. The Morgan fingerprint density at radius 1 is 1.10 bits per heavy atom. The van der Waals surface area contributed by atoms with Gasteiger partial charge in [0.15, 0.2) is 5.69 Å². The fourth-order valence-corrected chi connectivity index (χ4v) is 3.92.